The van der Waals surface area contributed by atoms with Gasteiger partial charge in [0.15, 0.2) is 5.84 Å². The van der Waals surface area contributed by atoms with Gasteiger partial charge < -0.3 is 15.8 Å². The van der Waals surface area contributed by atoms with Gasteiger partial charge in [0.25, 0.3) is 0 Å². The van der Waals surface area contributed by atoms with Crippen LogP contribution in [0.5, 0.6) is 0 Å². The van der Waals surface area contributed by atoms with Gasteiger partial charge in [-0.2, -0.15) is 0 Å². The number of halogens is 1. The highest BCUT2D eigenvalue weighted by molar-refractivity contribution is 9.10. The average molecular weight is 298 g/mol. The van der Waals surface area contributed by atoms with Crippen molar-refractivity contribution in [2.24, 2.45) is 10.9 Å². The summed E-state index contributed by atoms with van der Waals surface area (Å²) in [6.45, 7) is 0. The zero-order valence-corrected chi connectivity index (χ0v) is 11.3. The molecule has 0 spiro atoms. The van der Waals surface area contributed by atoms with Gasteiger partial charge in [-0.05, 0) is 53.4 Å². The molecule has 0 radical (unpaired) electrons. The summed E-state index contributed by atoms with van der Waals surface area (Å²) in [6.07, 6.45) is 3.82. The normalized spacial score (nSPS) is 16.7. The zero-order valence-electron chi connectivity index (χ0n) is 9.73. The topological polar surface area (TPSA) is 61.8 Å². The largest absolute Gasteiger partial charge is 0.409 e. The van der Waals surface area contributed by atoms with Crippen LogP contribution in [0.25, 0.3) is 0 Å². The molecule has 1 fully saturated rings. The molecule has 5 heteroatoms. The molecular formula is C12H16BrN3O. The predicted molar refractivity (Wildman–Crippen MR) is 72.7 cm³/mol. The lowest BCUT2D eigenvalue weighted by Gasteiger charge is -2.37. The van der Waals surface area contributed by atoms with Crippen molar-refractivity contribution in [3.8, 4) is 0 Å². The molecule has 4 nitrogen and oxygen atoms in total. The molecule has 0 saturated heterocycles. The maximum absolute atomic E-state index is 8.63. The van der Waals surface area contributed by atoms with Crippen molar-refractivity contribution < 1.29 is 5.21 Å². The first kappa shape index (κ1) is 12.2. The Bertz CT molecular complexity index is 443. The minimum atomic E-state index is 0.128. The number of benzene rings is 1. The molecule has 2 rings (SSSR count). The summed E-state index contributed by atoms with van der Waals surface area (Å²) < 4.78 is 0.969. The van der Waals surface area contributed by atoms with Crippen molar-refractivity contribution in [3.05, 3.63) is 28.2 Å². The minimum Gasteiger partial charge on any atom is -0.409 e. The van der Waals surface area contributed by atoms with Crippen LogP contribution >= 0.6 is 15.9 Å². The number of oxime groups is 1. The van der Waals surface area contributed by atoms with E-state index in [4.69, 9.17) is 10.9 Å². The van der Waals surface area contributed by atoms with Gasteiger partial charge in [0.05, 0.1) is 5.69 Å². The number of amidine groups is 1. The molecular weight excluding hydrogens is 282 g/mol. The van der Waals surface area contributed by atoms with Gasteiger partial charge in [-0.3, -0.25) is 0 Å². The molecule has 0 aromatic heterocycles. The van der Waals surface area contributed by atoms with E-state index in [1.54, 1.807) is 0 Å². The molecule has 0 unspecified atom stereocenters. The summed E-state index contributed by atoms with van der Waals surface area (Å²) >= 11 is 3.53. The summed E-state index contributed by atoms with van der Waals surface area (Å²) in [5.41, 5.74) is 7.41. The summed E-state index contributed by atoms with van der Waals surface area (Å²) in [5, 5.41) is 11.6. The third-order valence-electron chi connectivity index (χ3n) is 3.35. The fourth-order valence-corrected chi connectivity index (χ4v) is 2.64. The fraction of sp³-hybridized carbons (Fsp3) is 0.417. The van der Waals surface area contributed by atoms with E-state index < -0.39 is 0 Å². The molecule has 0 atom stereocenters. The SMILES string of the molecule is CN(c1ccc(/C(N)=N/O)cc1Br)C1CCC1. The lowest BCUT2D eigenvalue weighted by molar-refractivity contribution is 0.318. The van der Waals surface area contributed by atoms with Gasteiger partial charge in [-0.15, -0.1) is 0 Å². The number of anilines is 1. The molecule has 1 aliphatic carbocycles. The number of nitrogens with two attached hydrogens (primary N) is 1. The molecule has 1 aromatic rings. The second-order valence-corrected chi connectivity index (χ2v) is 5.20. The number of hydrogen-bond acceptors (Lipinski definition) is 3. The van der Waals surface area contributed by atoms with E-state index in [0.717, 1.165) is 10.2 Å². The van der Waals surface area contributed by atoms with E-state index in [1.165, 1.54) is 19.3 Å². The van der Waals surface area contributed by atoms with E-state index in [9.17, 15) is 0 Å². The van der Waals surface area contributed by atoms with Crippen molar-refractivity contribution in [1.29, 1.82) is 0 Å². The van der Waals surface area contributed by atoms with E-state index in [-0.39, 0.29) is 5.84 Å². The van der Waals surface area contributed by atoms with E-state index in [0.29, 0.717) is 11.6 Å². The Hall–Kier alpha value is -1.23. The van der Waals surface area contributed by atoms with Crippen molar-refractivity contribution in [1.82, 2.24) is 0 Å². The van der Waals surface area contributed by atoms with Crippen LogP contribution in [0.15, 0.2) is 27.8 Å². The summed E-state index contributed by atoms with van der Waals surface area (Å²) in [7, 11) is 2.10. The Balaban J connectivity index is 2.24. The molecule has 0 heterocycles. The quantitative estimate of drug-likeness (QED) is 0.390. The molecule has 1 aromatic carbocycles. The Labute approximate surface area is 109 Å². The van der Waals surface area contributed by atoms with Gasteiger partial charge in [0.1, 0.15) is 0 Å². The van der Waals surface area contributed by atoms with Gasteiger partial charge in [-0.1, -0.05) is 5.16 Å². The Morgan fingerprint density at radius 3 is 2.71 bits per heavy atom. The van der Waals surface area contributed by atoms with Crippen LogP contribution in [-0.2, 0) is 0 Å². The van der Waals surface area contributed by atoms with Crippen LogP contribution in [0.3, 0.4) is 0 Å². The highest BCUT2D eigenvalue weighted by Gasteiger charge is 2.23. The van der Waals surface area contributed by atoms with E-state index >= 15 is 0 Å². The lowest BCUT2D eigenvalue weighted by Crippen LogP contribution is -2.37. The molecule has 92 valence electrons. The highest BCUT2D eigenvalue weighted by Crippen LogP contribution is 2.33. The Morgan fingerprint density at radius 2 is 2.24 bits per heavy atom. The van der Waals surface area contributed by atoms with Crippen LogP contribution in [-0.4, -0.2) is 24.1 Å². The highest BCUT2D eigenvalue weighted by atomic mass is 79.9. The summed E-state index contributed by atoms with van der Waals surface area (Å²) in [4.78, 5) is 2.28. The third kappa shape index (κ3) is 2.39. The summed E-state index contributed by atoms with van der Waals surface area (Å²) in [5.74, 6) is 0.128. The van der Waals surface area contributed by atoms with Crippen LogP contribution in [0.2, 0.25) is 0 Å². The standard InChI is InChI=1S/C12H16BrN3O/c1-16(9-3-2-4-9)11-6-5-8(7-10(11)13)12(14)15-17/h5-7,9,17H,2-4H2,1H3,(H2,14,15). The third-order valence-corrected chi connectivity index (χ3v) is 3.99. The molecule has 0 amide bonds. The van der Waals surface area contributed by atoms with E-state index in [2.05, 4.69) is 33.0 Å². The first-order valence-corrected chi connectivity index (χ1v) is 6.43. The number of nitrogens with zero attached hydrogens (tertiary/aromatic N) is 2. The number of rotatable bonds is 3. The van der Waals surface area contributed by atoms with Crippen LogP contribution in [0, 0.1) is 0 Å². The van der Waals surface area contributed by atoms with Crippen molar-refractivity contribution in [2.45, 2.75) is 25.3 Å². The van der Waals surface area contributed by atoms with Crippen molar-refractivity contribution in [3.63, 3.8) is 0 Å². The first-order chi connectivity index (χ1) is 8.13. The molecule has 0 aliphatic heterocycles. The second kappa shape index (κ2) is 4.96. The van der Waals surface area contributed by atoms with Crippen LogP contribution < -0.4 is 10.6 Å². The van der Waals surface area contributed by atoms with Gasteiger partial charge >= 0.3 is 0 Å². The fourth-order valence-electron chi connectivity index (χ4n) is 1.98. The zero-order chi connectivity index (χ0) is 12.4. The average Bonchev–Trinajstić information content (AvgIpc) is 2.25. The van der Waals surface area contributed by atoms with Gasteiger partial charge in [0.2, 0.25) is 0 Å². The maximum atomic E-state index is 8.63. The number of hydrogen-bond donors (Lipinski definition) is 2. The Morgan fingerprint density at radius 1 is 1.53 bits per heavy atom. The van der Waals surface area contributed by atoms with Gasteiger partial charge in [-0.25, -0.2) is 0 Å². The first-order valence-electron chi connectivity index (χ1n) is 5.63. The predicted octanol–water partition coefficient (Wildman–Crippen LogP) is 2.53. The lowest BCUT2D eigenvalue weighted by atomic mass is 9.91. The molecule has 1 saturated carbocycles. The molecule has 17 heavy (non-hydrogen) atoms. The second-order valence-electron chi connectivity index (χ2n) is 4.35. The summed E-state index contributed by atoms with van der Waals surface area (Å²) in [6, 6.07) is 6.38. The maximum Gasteiger partial charge on any atom is 0.170 e. The Kier molecular flexibility index (Phi) is 3.57. The monoisotopic (exact) mass is 297 g/mol. The van der Waals surface area contributed by atoms with E-state index in [1.807, 2.05) is 18.2 Å². The van der Waals surface area contributed by atoms with Crippen molar-refractivity contribution >= 4 is 27.5 Å². The van der Waals surface area contributed by atoms with Crippen LogP contribution in [0.1, 0.15) is 24.8 Å². The molecule has 0 bridgehead atoms. The van der Waals surface area contributed by atoms with Crippen LogP contribution in [0.4, 0.5) is 5.69 Å². The molecule has 3 N–H and O–H groups in total. The minimum absolute atomic E-state index is 0.128. The van der Waals surface area contributed by atoms with Crippen molar-refractivity contribution in [2.75, 3.05) is 11.9 Å². The molecule has 1 aliphatic rings. The van der Waals surface area contributed by atoms with Gasteiger partial charge in [0, 0.05) is 23.1 Å². The smallest absolute Gasteiger partial charge is 0.170 e.